The summed E-state index contributed by atoms with van der Waals surface area (Å²) in [6.45, 7) is 8.07. The number of nitrogens with zero attached hydrogens (tertiary/aromatic N) is 9. The maximum absolute atomic E-state index is 13.5. The third kappa shape index (κ3) is 8.84. The third-order valence-electron chi connectivity index (χ3n) is 14.8. The van der Waals surface area contributed by atoms with Crippen molar-refractivity contribution < 1.29 is 14.4 Å². The summed E-state index contributed by atoms with van der Waals surface area (Å²) < 4.78 is 1.81. The van der Waals surface area contributed by atoms with E-state index in [1.807, 2.05) is 33.9 Å². The van der Waals surface area contributed by atoms with E-state index in [1.165, 1.54) is 17.5 Å². The summed E-state index contributed by atoms with van der Waals surface area (Å²) >= 11 is 0. The molecule has 0 radical (unpaired) electrons. The van der Waals surface area contributed by atoms with Crippen LogP contribution in [0.25, 0.3) is 27.8 Å². The number of aromatic nitrogens is 3. The highest BCUT2D eigenvalue weighted by atomic mass is 16.2. The van der Waals surface area contributed by atoms with Crippen molar-refractivity contribution in [3.63, 3.8) is 0 Å². The standard InChI is InChI=1S/C53H55N11O3/c54-28-42-30-56-64-32-41(26-47(52(42)64)40-10-16-49(55-29-40)62-33-45-27-46(34-62)63(45)31-36-4-2-1-3-5-36)38-8-13-44(14-9-38)60-22-24-61(25-23-60)51(66)35-59-20-18-39(19-21-59)37-6-11-43(12-7-37)57-48-15-17-50(65)58-53(48)67/h1-14,16,26,29-30,32,39,45-46,48,57H,15,17-25,27,31,33-35H2,(H,58,65,67). The van der Waals surface area contributed by atoms with E-state index in [9.17, 15) is 19.6 Å². The fourth-order valence-corrected chi connectivity index (χ4v) is 10.9. The average Bonchev–Trinajstić information content (AvgIpc) is 3.80. The zero-order chi connectivity index (χ0) is 45.4. The molecular formula is C53H55N11O3. The number of nitriles is 1. The van der Waals surface area contributed by atoms with E-state index < -0.39 is 6.04 Å². The van der Waals surface area contributed by atoms with Crippen LogP contribution in [0.1, 0.15) is 54.7 Å². The van der Waals surface area contributed by atoms with Crippen LogP contribution in [0.3, 0.4) is 0 Å². The molecule has 2 N–H and O–H groups in total. The lowest BCUT2D eigenvalue weighted by molar-refractivity contribution is -0.134. The molecule has 0 saturated carbocycles. The minimum atomic E-state index is -0.395. The number of imide groups is 1. The van der Waals surface area contributed by atoms with Crippen LogP contribution in [-0.4, -0.2) is 124 Å². The minimum absolute atomic E-state index is 0.195. The van der Waals surface area contributed by atoms with Crippen LogP contribution >= 0.6 is 0 Å². The topological polar surface area (TPSA) is 145 Å². The fourth-order valence-electron chi connectivity index (χ4n) is 10.9. The van der Waals surface area contributed by atoms with Crippen molar-refractivity contribution in [3.05, 3.63) is 132 Å². The van der Waals surface area contributed by atoms with Crippen molar-refractivity contribution >= 4 is 40.4 Å². The molecule has 6 saturated heterocycles. The largest absolute Gasteiger partial charge is 0.374 e. The molecule has 12 rings (SSSR count). The molecule has 3 atom stereocenters. The lowest BCUT2D eigenvalue weighted by Crippen LogP contribution is -2.68. The second kappa shape index (κ2) is 18.3. The van der Waals surface area contributed by atoms with E-state index in [2.05, 4.69) is 126 Å². The number of likely N-dealkylation sites (tertiary alicyclic amines) is 1. The maximum atomic E-state index is 13.5. The summed E-state index contributed by atoms with van der Waals surface area (Å²) in [6.07, 6.45) is 9.64. The zero-order valence-electron chi connectivity index (χ0n) is 37.6. The number of hydrogen-bond acceptors (Lipinski definition) is 11. The Labute approximate surface area is 390 Å². The van der Waals surface area contributed by atoms with Gasteiger partial charge in [-0.1, -0.05) is 54.6 Å². The molecule has 6 aliphatic heterocycles. The Balaban J connectivity index is 0.678. The van der Waals surface area contributed by atoms with Gasteiger partial charge < -0.3 is 20.0 Å². The van der Waals surface area contributed by atoms with Gasteiger partial charge in [0.05, 0.1) is 23.8 Å². The first-order chi connectivity index (χ1) is 32.8. The molecule has 0 aliphatic carbocycles. The number of fused-ring (bicyclic) bond motifs is 3. The highest BCUT2D eigenvalue weighted by Gasteiger charge is 2.44. The monoisotopic (exact) mass is 893 g/mol. The summed E-state index contributed by atoms with van der Waals surface area (Å²) in [5.41, 5.74) is 9.85. The minimum Gasteiger partial charge on any atom is -0.374 e. The number of hydrogen-bond donors (Lipinski definition) is 2. The lowest BCUT2D eigenvalue weighted by Gasteiger charge is -2.56. The quantitative estimate of drug-likeness (QED) is 0.145. The molecule has 3 aromatic carbocycles. The third-order valence-corrected chi connectivity index (χ3v) is 14.8. The molecule has 6 aliphatic rings. The number of piperidine rings is 3. The molecule has 14 heteroatoms. The van der Waals surface area contributed by atoms with Crippen LogP contribution in [0.15, 0.2) is 116 Å². The molecule has 6 aromatic rings. The van der Waals surface area contributed by atoms with Crippen LogP contribution in [0, 0.1) is 11.3 Å². The van der Waals surface area contributed by atoms with E-state index in [0.717, 1.165) is 104 Å². The highest BCUT2D eigenvalue weighted by Crippen LogP contribution is 2.37. The van der Waals surface area contributed by atoms with Gasteiger partial charge in [-0.2, -0.15) is 10.4 Å². The van der Waals surface area contributed by atoms with Crippen LogP contribution < -0.4 is 20.4 Å². The predicted octanol–water partition coefficient (Wildman–Crippen LogP) is 6.14. The first-order valence-corrected chi connectivity index (χ1v) is 23.8. The van der Waals surface area contributed by atoms with Gasteiger partial charge in [0, 0.05) is 105 Å². The first-order valence-electron chi connectivity index (χ1n) is 23.8. The van der Waals surface area contributed by atoms with Gasteiger partial charge in [-0.15, -0.1) is 0 Å². The molecule has 2 bridgehead atoms. The second-order valence-electron chi connectivity index (χ2n) is 18.9. The number of anilines is 3. The van der Waals surface area contributed by atoms with Crippen molar-refractivity contribution in [2.45, 2.75) is 62.7 Å². The SMILES string of the molecule is N#Cc1cnn2cc(-c3ccc(N4CCN(C(=O)CN5CCC(c6ccc(NC7CCC(=O)NC7=O)cc6)CC5)CC4)cc3)cc(-c3ccc(N4CC5CC(C4)N5Cc4ccccc4)nc3)c12. The van der Waals surface area contributed by atoms with Crippen molar-refractivity contribution in [1.82, 2.24) is 34.6 Å². The number of piperazine rings is 2. The van der Waals surface area contributed by atoms with Gasteiger partial charge in [-0.05, 0) is 104 Å². The molecule has 6 fully saturated rings. The van der Waals surface area contributed by atoms with Crippen LogP contribution in [0.4, 0.5) is 17.2 Å². The molecule has 340 valence electrons. The number of amides is 3. The lowest BCUT2D eigenvalue weighted by atomic mass is 9.86. The van der Waals surface area contributed by atoms with Crippen molar-refractivity contribution in [2.24, 2.45) is 0 Å². The number of benzene rings is 3. The average molecular weight is 894 g/mol. The molecule has 3 unspecified atom stereocenters. The number of carbonyl (C=O) groups is 3. The molecule has 0 spiro atoms. The van der Waals surface area contributed by atoms with Crippen LogP contribution in [0.5, 0.6) is 0 Å². The molecule has 67 heavy (non-hydrogen) atoms. The molecule has 14 nitrogen and oxygen atoms in total. The van der Waals surface area contributed by atoms with Gasteiger partial charge in [0.1, 0.15) is 17.9 Å². The number of nitrogens with one attached hydrogen (secondary N) is 2. The second-order valence-corrected chi connectivity index (χ2v) is 18.9. The highest BCUT2D eigenvalue weighted by molar-refractivity contribution is 6.01. The Morgan fingerprint density at radius 3 is 2.24 bits per heavy atom. The normalized spacial score (nSPS) is 21.5. The first kappa shape index (κ1) is 42.5. The predicted molar refractivity (Wildman–Crippen MR) is 258 cm³/mol. The van der Waals surface area contributed by atoms with Gasteiger partial charge in [-0.25, -0.2) is 9.50 Å². The smallest absolute Gasteiger partial charge is 0.249 e. The Kier molecular flexibility index (Phi) is 11.6. The summed E-state index contributed by atoms with van der Waals surface area (Å²) in [4.78, 5) is 53.8. The molecule has 3 aromatic heterocycles. The van der Waals surface area contributed by atoms with Gasteiger partial charge in [-0.3, -0.25) is 29.5 Å². The Bertz CT molecular complexity index is 2800. The van der Waals surface area contributed by atoms with Gasteiger partial charge >= 0.3 is 0 Å². The van der Waals surface area contributed by atoms with Crippen molar-refractivity contribution in [2.75, 3.05) is 74.0 Å². The summed E-state index contributed by atoms with van der Waals surface area (Å²) in [5, 5.41) is 20.3. The van der Waals surface area contributed by atoms with Gasteiger partial charge in [0.2, 0.25) is 17.7 Å². The Morgan fingerprint density at radius 2 is 1.54 bits per heavy atom. The number of carbonyl (C=O) groups excluding carboxylic acids is 3. The molecule has 3 amide bonds. The summed E-state index contributed by atoms with van der Waals surface area (Å²) in [7, 11) is 0. The summed E-state index contributed by atoms with van der Waals surface area (Å²) in [5.74, 6) is 1.13. The van der Waals surface area contributed by atoms with Crippen LogP contribution in [-0.2, 0) is 20.9 Å². The van der Waals surface area contributed by atoms with Gasteiger partial charge in [0.25, 0.3) is 0 Å². The Hall–Kier alpha value is -7.08. The van der Waals surface area contributed by atoms with E-state index in [1.54, 1.807) is 6.20 Å². The number of rotatable bonds is 11. The zero-order valence-corrected chi connectivity index (χ0v) is 37.6. The van der Waals surface area contributed by atoms with E-state index in [-0.39, 0.29) is 17.7 Å². The van der Waals surface area contributed by atoms with Crippen molar-refractivity contribution in [3.8, 4) is 28.3 Å². The van der Waals surface area contributed by atoms with Crippen molar-refractivity contribution in [1.29, 1.82) is 5.26 Å². The number of pyridine rings is 2. The van der Waals surface area contributed by atoms with E-state index in [4.69, 9.17) is 4.98 Å². The van der Waals surface area contributed by atoms with E-state index in [0.29, 0.717) is 56.0 Å². The Morgan fingerprint density at radius 1 is 0.791 bits per heavy atom. The van der Waals surface area contributed by atoms with Crippen LogP contribution in [0.2, 0.25) is 0 Å². The van der Waals surface area contributed by atoms with E-state index >= 15 is 0 Å². The molecular weight excluding hydrogens is 839 g/mol. The maximum Gasteiger partial charge on any atom is 0.249 e. The summed E-state index contributed by atoms with van der Waals surface area (Å²) in [6, 6.07) is 37.1. The molecule has 9 heterocycles. The van der Waals surface area contributed by atoms with Gasteiger partial charge in [0.15, 0.2) is 0 Å². The fraction of sp³-hybridized carbons (Fsp3) is 0.358.